The van der Waals surface area contributed by atoms with Crippen LogP contribution in [0.15, 0.2) is 60.7 Å². The van der Waals surface area contributed by atoms with Gasteiger partial charge in [-0.3, -0.25) is 14.5 Å². The molecule has 1 aliphatic heterocycles. The molecule has 0 spiro atoms. The summed E-state index contributed by atoms with van der Waals surface area (Å²) < 4.78 is 5.89. The molecule has 1 heterocycles. The van der Waals surface area contributed by atoms with Crippen molar-refractivity contribution in [3.8, 4) is 11.5 Å². The van der Waals surface area contributed by atoms with Gasteiger partial charge in [-0.1, -0.05) is 24.3 Å². The van der Waals surface area contributed by atoms with Crippen LogP contribution < -0.4 is 9.64 Å². The van der Waals surface area contributed by atoms with Crippen LogP contribution in [0, 0.1) is 42.4 Å². The minimum absolute atomic E-state index is 0.0212. The van der Waals surface area contributed by atoms with E-state index >= 15 is 0 Å². The molecule has 6 unspecified atom stereocenters. The summed E-state index contributed by atoms with van der Waals surface area (Å²) in [7, 11) is 0. The van der Waals surface area contributed by atoms with Crippen LogP contribution in [0.25, 0.3) is 0 Å². The van der Waals surface area contributed by atoms with Crippen LogP contribution in [0.5, 0.6) is 11.5 Å². The molecule has 28 heavy (non-hydrogen) atoms. The largest absolute Gasteiger partial charge is 0.457 e. The number of carbonyl (C=O) groups is 2. The van der Waals surface area contributed by atoms with Gasteiger partial charge in [0.2, 0.25) is 11.8 Å². The summed E-state index contributed by atoms with van der Waals surface area (Å²) in [6.07, 6.45) is 5.59. The van der Waals surface area contributed by atoms with Crippen molar-refractivity contribution in [2.24, 2.45) is 35.5 Å². The zero-order chi connectivity index (χ0) is 19.0. The Labute approximate surface area is 163 Å². The highest BCUT2D eigenvalue weighted by molar-refractivity contribution is 6.22. The molecule has 0 radical (unpaired) electrons. The maximum atomic E-state index is 13.2. The number of carbonyl (C=O) groups excluding carboxylic acids is 2. The summed E-state index contributed by atoms with van der Waals surface area (Å²) >= 11 is 0. The zero-order valence-electron chi connectivity index (χ0n) is 15.6. The summed E-state index contributed by atoms with van der Waals surface area (Å²) in [6.45, 7) is 2.02. The molecule has 0 N–H and O–H groups in total. The Morgan fingerprint density at radius 2 is 1.50 bits per heavy atom. The van der Waals surface area contributed by atoms with Gasteiger partial charge in [-0.05, 0) is 79.0 Å². The highest BCUT2D eigenvalue weighted by Crippen LogP contribution is 2.65. The monoisotopic (exact) mass is 371 g/mol. The first-order valence-corrected chi connectivity index (χ1v) is 10.0. The number of hydrogen-bond acceptors (Lipinski definition) is 3. The molecule has 0 aromatic heterocycles. The van der Waals surface area contributed by atoms with Gasteiger partial charge in [0, 0.05) is 0 Å². The van der Waals surface area contributed by atoms with Crippen molar-refractivity contribution in [2.75, 3.05) is 4.90 Å². The van der Waals surface area contributed by atoms with E-state index in [9.17, 15) is 9.59 Å². The van der Waals surface area contributed by atoms with Crippen molar-refractivity contribution in [1.82, 2.24) is 0 Å². The molecule has 2 amide bonds. The van der Waals surface area contributed by atoms with Crippen molar-refractivity contribution < 1.29 is 14.3 Å². The number of ether oxygens (including phenoxy) is 1. The van der Waals surface area contributed by atoms with Crippen LogP contribution in [0.2, 0.25) is 0 Å². The molecule has 140 valence electrons. The van der Waals surface area contributed by atoms with E-state index in [0.717, 1.165) is 11.3 Å². The van der Waals surface area contributed by atoms with Crippen molar-refractivity contribution in [3.05, 3.63) is 66.2 Å². The molecule has 4 nitrogen and oxygen atoms in total. The van der Waals surface area contributed by atoms with Gasteiger partial charge in [-0.2, -0.15) is 0 Å². The maximum Gasteiger partial charge on any atom is 0.238 e. The predicted molar refractivity (Wildman–Crippen MR) is 105 cm³/mol. The number of hydrogen-bond donors (Lipinski definition) is 0. The number of amides is 2. The second kappa shape index (κ2) is 5.57. The lowest BCUT2D eigenvalue weighted by Gasteiger charge is -2.37. The second-order valence-corrected chi connectivity index (χ2v) is 8.58. The van der Waals surface area contributed by atoms with Crippen molar-refractivity contribution in [2.45, 2.75) is 13.3 Å². The highest BCUT2D eigenvalue weighted by Gasteiger charge is 2.67. The lowest BCUT2D eigenvalue weighted by molar-refractivity contribution is -0.124. The molecule has 1 saturated heterocycles. The van der Waals surface area contributed by atoms with Crippen molar-refractivity contribution >= 4 is 17.5 Å². The van der Waals surface area contributed by atoms with E-state index in [2.05, 4.69) is 12.2 Å². The van der Waals surface area contributed by atoms with E-state index in [4.69, 9.17) is 4.74 Å². The van der Waals surface area contributed by atoms with Crippen LogP contribution in [0.3, 0.4) is 0 Å². The van der Waals surface area contributed by atoms with Crippen LogP contribution in [-0.4, -0.2) is 11.8 Å². The van der Waals surface area contributed by atoms with Gasteiger partial charge in [0.15, 0.2) is 0 Å². The molecule has 2 aromatic rings. The highest BCUT2D eigenvalue weighted by atomic mass is 16.5. The summed E-state index contributed by atoms with van der Waals surface area (Å²) in [6, 6.07) is 15.1. The molecular weight excluding hydrogens is 350 g/mol. The van der Waals surface area contributed by atoms with Gasteiger partial charge in [0.1, 0.15) is 11.5 Å². The predicted octanol–water partition coefficient (Wildman–Crippen LogP) is 4.34. The van der Waals surface area contributed by atoms with E-state index in [0.29, 0.717) is 23.3 Å². The average Bonchev–Trinajstić information content (AvgIpc) is 3.47. The molecule has 3 fully saturated rings. The molecule has 2 saturated carbocycles. The Kier molecular flexibility index (Phi) is 3.20. The van der Waals surface area contributed by atoms with E-state index < -0.39 is 0 Å². The molecule has 6 atom stereocenters. The fraction of sp³-hybridized carbons (Fsp3) is 0.333. The lowest BCUT2D eigenvalue weighted by atomic mass is 9.63. The third-order valence-corrected chi connectivity index (χ3v) is 6.98. The maximum absolute atomic E-state index is 13.2. The quantitative estimate of drug-likeness (QED) is 0.595. The average molecular weight is 371 g/mol. The fourth-order valence-electron chi connectivity index (χ4n) is 5.69. The fourth-order valence-corrected chi connectivity index (χ4v) is 5.69. The van der Waals surface area contributed by atoms with E-state index in [1.807, 2.05) is 55.5 Å². The van der Waals surface area contributed by atoms with Gasteiger partial charge < -0.3 is 4.74 Å². The number of anilines is 1. The minimum Gasteiger partial charge on any atom is -0.457 e. The zero-order valence-corrected chi connectivity index (χ0v) is 15.6. The first kappa shape index (κ1) is 16.1. The Morgan fingerprint density at radius 1 is 0.857 bits per heavy atom. The first-order chi connectivity index (χ1) is 13.6. The molecule has 4 aliphatic carbocycles. The topological polar surface area (TPSA) is 46.6 Å². The molecule has 2 aromatic carbocycles. The summed E-state index contributed by atoms with van der Waals surface area (Å²) in [4.78, 5) is 27.7. The van der Waals surface area contributed by atoms with E-state index in [-0.39, 0.29) is 35.5 Å². The minimum atomic E-state index is -0.158. The Morgan fingerprint density at radius 3 is 2.11 bits per heavy atom. The molecule has 5 aliphatic rings. The Balaban J connectivity index is 1.27. The van der Waals surface area contributed by atoms with Gasteiger partial charge in [-0.25, -0.2) is 0 Å². The van der Waals surface area contributed by atoms with Crippen molar-refractivity contribution in [1.29, 1.82) is 0 Å². The van der Waals surface area contributed by atoms with E-state index in [1.54, 1.807) is 0 Å². The number of nitrogens with zero attached hydrogens (tertiary/aromatic N) is 1. The van der Waals surface area contributed by atoms with Gasteiger partial charge >= 0.3 is 0 Å². The summed E-state index contributed by atoms with van der Waals surface area (Å²) in [5, 5.41) is 0. The lowest BCUT2D eigenvalue weighted by Crippen LogP contribution is -2.40. The number of aryl methyl sites for hydroxylation is 1. The third kappa shape index (κ3) is 2.17. The van der Waals surface area contributed by atoms with Crippen molar-refractivity contribution in [3.63, 3.8) is 0 Å². The Bertz CT molecular complexity index is 988. The second-order valence-electron chi connectivity index (χ2n) is 8.58. The number of rotatable bonds is 3. The van der Waals surface area contributed by atoms with Gasteiger partial charge in [0.05, 0.1) is 17.5 Å². The standard InChI is InChI=1S/C24H21NO3/c1-13-3-2-4-16(11-13)28-15-7-5-14(6-8-15)25-23(26)21-17-9-10-18(20-12-19(17)20)22(21)24(25)27/h2-11,17-22H,12H2,1H3. The van der Waals surface area contributed by atoms with E-state index in [1.165, 1.54) is 11.3 Å². The molecule has 7 rings (SSSR count). The molecular formula is C24H21NO3. The summed E-state index contributed by atoms with van der Waals surface area (Å²) in [5.74, 6) is 2.86. The molecule has 2 bridgehead atoms. The van der Waals surface area contributed by atoms with Crippen LogP contribution >= 0.6 is 0 Å². The van der Waals surface area contributed by atoms with Crippen LogP contribution in [0.1, 0.15) is 12.0 Å². The number of allylic oxidation sites excluding steroid dienone is 2. The summed E-state index contributed by atoms with van der Waals surface area (Å²) in [5.41, 5.74) is 1.78. The van der Waals surface area contributed by atoms with Crippen LogP contribution in [-0.2, 0) is 9.59 Å². The Hall–Kier alpha value is -2.88. The van der Waals surface area contributed by atoms with Crippen LogP contribution in [0.4, 0.5) is 5.69 Å². The third-order valence-electron chi connectivity index (χ3n) is 6.98. The SMILES string of the molecule is Cc1cccc(Oc2ccc(N3C(=O)C4C5C=CC(C6CC56)C4C3=O)cc2)c1. The number of benzene rings is 2. The van der Waals surface area contributed by atoms with Gasteiger partial charge in [-0.15, -0.1) is 0 Å². The molecule has 4 heteroatoms. The number of imide groups is 1. The van der Waals surface area contributed by atoms with Gasteiger partial charge in [0.25, 0.3) is 0 Å². The first-order valence-electron chi connectivity index (χ1n) is 10.0. The smallest absolute Gasteiger partial charge is 0.238 e. The normalized spacial score (nSPS) is 34.4.